The predicted molar refractivity (Wildman–Crippen MR) is 97.8 cm³/mol. The van der Waals surface area contributed by atoms with Gasteiger partial charge in [-0.2, -0.15) is 5.10 Å². The minimum Gasteiger partial charge on any atom is -0.335 e. The molecule has 0 saturated carbocycles. The quantitative estimate of drug-likeness (QED) is 0.624. The molecule has 2 aromatic rings. The number of hydrogen-bond acceptors (Lipinski definition) is 6. The number of hydrogen-bond donors (Lipinski definition) is 2. The molecule has 0 radical (unpaired) electrons. The van der Waals surface area contributed by atoms with Gasteiger partial charge < -0.3 is 10.7 Å². The first kappa shape index (κ1) is 15.7. The molecule has 134 valence electrons. The first-order chi connectivity index (χ1) is 12.3. The van der Waals surface area contributed by atoms with Crippen LogP contribution in [-0.2, 0) is 12.8 Å². The summed E-state index contributed by atoms with van der Waals surface area (Å²) in [5.74, 6) is 9.80. The van der Waals surface area contributed by atoms with Crippen molar-refractivity contribution < 1.29 is 0 Å². The molecular formula is C17H25N7S. The van der Waals surface area contributed by atoms with Gasteiger partial charge in [0.2, 0.25) is 11.0 Å². The van der Waals surface area contributed by atoms with Crippen LogP contribution in [0.15, 0.2) is 5.16 Å². The van der Waals surface area contributed by atoms with Crippen LogP contribution >= 0.6 is 11.8 Å². The van der Waals surface area contributed by atoms with Crippen molar-refractivity contribution in [1.82, 2.24) is 30.0 Å². The third-order valence-electron chi connectivity index (χ3n) is 6.19. The molecule has 1 aliphatic carbocycles. The Morgan fingerprint density at radius 1 is 1.20 bits per heavy atom. The van der Waals surface area contributed by atoms with Gasteiger partial charge >= 0.3 is 0 Å². The van der Waals surface area contributed by atoms with Crippen LogP contribution in [0.5, 0.6) is 0 Å². The number of nitrogens with one attached hydrogen (secondary N) is 1. The van der Waals surface area contributed by atoms with Crippen LogP contribution < -0.4 is 5.84 Å². The molecule has 3 N–H and O–H groups in total. The van der Waals surface area contributed by atoms with Crippen molar-refractivity contribution in [1.29, 1.82) is 0 Å². The summed E-state index contributed by atoms with van der Waals surface area (Å²) in [6.45, 7) is 3.90. The maximum absolute atomic E-state index is 6.28. The number of nitrogen functional groups attached to an aromatic ring is 1. The molecule has 25 heavy (non-hydrogen) atoms. The van der Waals surface area contributed by atoms with E-state index in [1.54, 1.807) is 16.4 Å². The van der Waals surface area contributed by atoms with Crippen molar-refractivity contribution >= 4 is 11.8 Å². The van der Waals surface area contributed by atoms with E-state index in [2.05, 4.69) is 25.3 Å². The van der Waals surface area contributed by atoms with Crippen molar-refractivity contribution in [2.24, 2.45) is 11.8 Å². The lowest BCUT2D eigenvalue weighted by Crippen LogP contribution is -2.47. The zero-order valence-corrected chi connectivity index (χ0v) is 15.3. The second kappa shape index (κ2) is 6.32. The predicted octanol–water partition coefficient (Wildman–Crippen LogP) is 1.69. The van der Waals surface area contributed by atoms with Gasteiger partial charge in [-0.15, -0.1) is 10.2 Å². The number of aromatic nitrogens is 5. The largest absolute Gasteiger partial charge is 0.335 e. The summed E-state index contributed by atoms with van der Waals surface area (Å²) in [6, 6.07) is 0. The summed E-state index contributed by atoms with van der Waals surface area (Å²) in [5, 5.41) is 17.0. The molecule has 7 nitrogen and oxygen atoms in total. The standard InChI is InChI=1S/C17H25N7S/c18-24-16(15-13-2-1-3-14(13)19-20-15)21-22-17(24)25-9-6-12-10-23-7-4-11(12)5-8-23/h11-12H,1-10,18H2,(H,19,20). The summed E-state index contributed by atoms with van der Waals surface area (Å²) >= 11 is 1.73. The highest BCUT2D eigenvalue weighted by atomic mass is 32.2. The Morgan fingerprint density at radius 3 is 2.88 bits per heavy atom. The Bertz CT molecular complexity index is 759. The van der Waals surface area contributed by atoms with Crippen LogP contribution in [-0.4, -0.2) is 55.4 Å². The third-order valence-corrected chi connectivity index (χ3v) is 7.17. The van der Waals surface area contributed by atoms with Gasteiger partial charge in [0.05, 0.1) is 0 Å². The molecule has 2 aromatic heterocycles. The van der Waals surface area contributed by atoms with Crippen molar-refractivity contribution in [2.45, 2.75) is 43.7 Å². The lowest BCUT2D eigenvalue weighted by molar-refractivity contribution is 0.0498. The molecule has 3 aliphatic heterocycles. The van der Waals surface area contributed by atoms with Gasteiger partial charge in [0.1, 0.15) is 5.69 Å². The average molecular weight is 360 g/mol. The molecule has 2 bridgehead atoms. The molecule has 6 rings (SSSR count). The second-order valence-corrected chi connectivity index (χ2v) is 8.66. The van der Waals surface area contributed by atoms with Gasteiger partial charge in [-0.05, 0) is 63.5 Å². The van der Waals surface area contributed by atoms with Crippen LogP contribution in [0.25, 0.3) is 11.5 Å². The van der Waals surface area contributed by atoms with Crippen LogP contribution in [0, 0.1) is 11.8 Å². The number of aromatic amines is 1. The summed E-state index contributed by atoms with van der Waals surface area (Å²) in [5.41, 5.74) is 3.38. The molecule has 5 heterocycles. The maximum Gasteiger partial charge on any atom is 0.210 e. The van der Waals surface area contributed by atoms with Crippen molar-refractivity contribution in [3.63, 3.8) is 0 Å². The third kappa shape index (κ3) is 2.75. The highest BCUT2D eigenvalue weighted by molar-refractivity contribution is 7.99. The number of nitrogens with zero attached hydrogens (tertiary/aromatic N) is 5. The molecule has 1 unspecified atom stereocenters. The van der Waals surface area contributed by atoms with E-state index < -0.39 is 0 Å². The number of piperidine rings is 3. The first-order valence-electron chi connectivity index (χ1n) is 9.41. The van der Waals surface area contributed by atoms with E-state index in [0.717, 1.165) is 41.3 Å². The maximum atomic E-state index is 6.28. The van der Waals surface area contributed by atoms with Crippen molar-refractivity contribution in [2.75, 3.05) is 31.2 Å². The minimum absolute atomic E-state index is 0.685. The van der Waals surface area contributed by atoms with E-state index in [-0.39, 0.29) is 0 Å². The Labute approximate surface area is 151 Å². The van der Waals surface area contributed by atoms with Gasteiger partial charge in [0.15, 0.2) is 0 Å². The van der Waals surface area contributed by atoms with E-state index in [4.69, 9.17) is 5.84 Å². The Hall–Kier alpha value is -1.54. The number of H-pyrrole nitrogens is 1. The van der Waals surface area contributed by atoms with E-state index >= 15 is 0 Å². The molecule has 4 aliphatic rings. The van der Waals surface area contributed by atoms with Crippen LogP contribution in [0.3, 0.4) is 0 Å². The molecule has 0 spiro atoms. The van der Waals surface area contributed by atoms with E-state index in [1.165, 1.54) is 56.6 Å². The zero-order valence-electron chi connectivity index (χ0n) is 14.4. The normalized spacial score (nSPS) is 27.8. The van der Waals surface area contributed by atoms with Crippen molar-refractivity contribution in [3.8, 4) is 11.5 Å². The van der Waals surface area contributed by atoms with Crippen LogP contribution in [0.4, 0.5) is 0 Å². The second-order valence-electron chi connectivity index (χ2n) is 7.59. The highest BCUT2D eigenvalue weighted by Gasteiger charge is 2.33. The van der Waals surface area contributed by atoms with Crippen LogP contribution in [0.1, 0.15) is 36.9 Å². The Morgan fingerprint density at radius 2 is 2.08 bits per heavy atom. The Kier molecular flexibility index (Phi) is 3.97. The SMILES string of the molecule is Nn1c(SCCC2CN3CCC2CC3)nnc1-c1n[nH]c2c1CCC2. The van der Waals surface area contributed by atoms with E-state index in [1.807, 2.05) is 0 Å². The number of thioether (sulfide) groups is 1. The minimum atomic E-state index is 0.685. The summed E-state index contributed by atoms with van der Waals surface area (Å²) in [4.78, 5) is 2.62. The molecule has 3 fully saturated rings. The Balaban J connectivity index is 1.24. The molecular weight excluding hydrogens is 334 g/mol. The molecule has 8 heteroatoms. The van der Waals surface area contributed by atoms with Gasteiger partial charge in [-0.1, -0.05) is 11.8 Å². The summed E-state index contributed by atoms with van der Waals surface area (Å²) in [7, 11) is 0. The van der Waals surface area contributed by atoms with Crippen LogP contribution in [0.2, 0.25) is 0 Å². The topological polar surface area (TPSA) is 88.7 Å². The first-order valence-corrected chi connectivity index (χ1v) is 10.4. The monoisotopic (exact) mass is 359 g/mol. The van der Waals surface area contributed by atoms with Gasteiger partial charge in [-0.25, -0.2) is 4.68 Å². The highest BCUT2D eigenvalue weighted by Crippen LogP contribution is 2.36. The number of fused-ring (bicyclic) bond motifs is 4. The van der Waals surface area contributed by atoms with Crippen molar-refractivity contribution in [3.05, 3.63) is 11.3 Å². The average Bonchev–Trinajstić information content (AvgIpc) is 3.33. The lowest BCUT2D eigenvalue weighted by atomic mass is 9.78. The molecule has 3 saturated heterocycles. The fourth-order valence-electron chi connectivity index (χ4n) is 4.76. The molecule has 1 atom stereocenters. The van der Waals surface area contributed by atoms with Gasteiger partial charge in [0.25, 0.3) is 0 Å². The summed E-state index contributed by atoms with van der Waals surface area (Å²) in [6.07, 6.45) is 7.31. The molecule has 0 amide bonds. The van der Waals surface area contributed by atoms with E-state index in [9.17, 15) is 0 Å². The van der Waals surface area contributed by atoms with Gasteiger partial charge in [0, 0.05) is 23.6 Å². The number of nitrogens with two attached hydrogens (primary N) is 1. The van der Waals surface area contributed by atoms with E-state index in [0.29, 0.717) is 5.82 Å². The lowest BCUT2D eigenvalue weighted by Gasteiger charge is -2.44. The molecule has 0 aromatic carbocycles. The summed E-state index contributed by atoms with van der Waals surface area (Å²) < 4.78 is 1.62. The fourth-order valence-corrected chi connectivity index (χ4v) is 5.68. The smallest absolute Gasteiger partial charge is 0.210 e. The van der Waals surface area contributed by atoms with Gasteiger partial charge in [-0.3, -0.25) is 5.10 Å². The number of rotatable bonds is 5. The number of aryl methyl sites for hydroxylation is 1. The zero-order chi connectivity index (χ0) is 16.8. The fraction of sp³-hybridized carbons (Fsp3) is 0.706.